The van der Waals surface area contributed by atoms with E-state index in [1.54, 1.807) is 10.8 Å². The van der Waals surface area contributed by atoms with Crippen LogP contribution < -0.4 is 15.0 Å². The number of hydrogen-bond donors (Lipinski definition) is 0. The van der Waals surface area contributed by atoms with Crippen molar-refractivity contribution in [1.29, 1.82) is 10.5 Å². The summed E-state index contributed by atoms with van der Waals surface area (Å²) in [6.45, 7) is 19.7. The first kappa shape index (κ1) is 39.8. The number of benzene rings is 6. The van der Waals surface area contributed by atoms with Crippen molar-refractivity contribution in [2.45, 2.75) is 104 Å². The number of rotatable bonds is 6. The van der Waals surface area contributed by atoms with Gasteiger partial charge in [0.2, 0.25) is 0 Å². The lowest BCUT2D eigenvalue weighted by atomic mass is 9.86. The van der Waals surface area contributed by atoms with Crippen LogP contribution in [0.5, 0.6) is 0 Å². The highest BCUT2D eigenvalue weighted by atomic mass is 28.3. The minimum Gasteiger partial charge on any atom is -0.338 e. The molecule has 6 aromatic carbocycles. The largest absolute Gasteiger partial charge is 0.338 e. The van der Waals surface area contributed by atoms with E-state index in [-0.39, 0.29) is 0 Å². The molecule has 0 saturated heterocycles. The Labute approximate surface area is 359 Å². The third kappa shape index (κ3) is 7.00. The first-order chi connectivity index (χ1) is 28.7. The molecular weight excluding hydrogens is 761 g/mol. The van der Waals surface area contributed by atoms with E-state index in [0.717, 1.165) is 54.4 Å². The van der Waals surface area contributed by atoms with Crippen molar-refractivity contribution in [3.8, 4) is 34.4 Å². The smallest absolute Gasteiger partial charge is 0.0991 e. The summed E-state index contributed by atoms with van der Waals surface area (Å²) in [7, 11) is -3.17. The Morgan fingerprint density at radius 1 is 0.517 bits per heavy atom. The molecule has 2 heterocycles. The molecule has 0 aromatic heterocycles. The molecule has 1 aliphatic carbocycles. The van der Waals surface area contributed by atoms with Gasteiger partial charge in [-0.3, -0.25) is 0 Å². The zero-order chi connectivity index (χ0) is 42.1. The fraction of sp³-hybridized carbons (Fsp3) is 0.296. The maximum Gasteiger partial charge on any atom is 0.0991 e. The lowest BCUT2D eigenvalue weighted by Gasteiger charge is -2.44. The van der Waals surface area contributed by atoms with Crippen LogP contribution in [0.1, 0.15) is 62.6 Å². The molecule has 0 N–H and O–H groups in total. The van der Waals surface area contributed by atoms with Crippen molar-refractivity contribution in [1.82, 2.24) is 0 Å². The van der Waals surface area contributed by atoms with Gasteiger partial charge >= 0.3 is 0 Å². The number of allylic oxidation sites excluding steroid dienone is 3. The summed E-state index contributed by atoms with van der Waals surface area (Å²) in [5, 5.41) is 27.5. The zero-order valence-corrected chi connectivity index (χ0v) is 38.6. The molecule has 3 aliphatic rings. The van der Waals surface area contributed by atoms with Gasteiger partial charge in [0.15, 0.2) is 0 Å². The average Bonchev–Trinajstić information content (AvgIpc) is 3.25. The SMILES string of the molecule is CC1CCC2=C(C=C([Si](C)(C)C)CC2)N1c1c2cc(-c3ccc(C#N)cc3)ccc2c(N2c3cc([Si](C)(C)C)ccc3CCC2C)c2ccc(-c3ccc(C#N)cc3)cc12. The van der Waals surface area contributed by atoms with Gasteiger partial charge in [-0.25, -0.2) is 0 Å². The summed E-state index contributed by atoms with van der Waals surface area (Å²) in [6, 6.07) is 43.0. The van der Waals surface area contributed by atoms with E-state index in [9.17, 15) is 10.5 Å². The van der Waals surface area contributed by atoms with Gasteiger partial charge in [0.1, 0.15) is 0 Å². The second-order valence-corrected chi connectivity index (χ2v) is 29.8. The summed E-state index contributed by atoms with van der Waals surface area (Å²) in [4.78, 5) is 5.45. The van der Waals surface area contributed by atoms with E-state index in [2.05, 4.69) is 160 Å². The first-order valence-electron chi connectivity index (χ1n) is 21.9. The summed E-state index contributed by atoms with van der Waals surface area (Å²) < 4.78 is 0. The summed E-state index contributed by atoms with van der Waals surface area (Å²) in [6.07, 6.45) is 9.34. The van der Waals surface area contributed by atoms with Gasteiger partial charge in [0.25, 0.3) is 0 Å². The Kier molecular flexibility index (Phi) is 10.0. The van der Waals surface area contributed by atoms with Crippen molar-refractivity contribution in [2.75, 3.05) is 9.80 Å². The molecule has 0 amide bonds. The molecular formula is C54H56N4Si2. The predicted molar refractivity (Wildman–Crippen MR) is 260 cm³/mol. The third-order valence-electron chi connectivity index (χ3n) is 13.6. The number of fused-ring (bicyclic) bond motifs is 3. The first-order valence-corrected chi connectivity index (χ1v) is 28.9. The Morgan fingerprint density at radius 3 is 1.57 bits per heavy atom. The second-order valence-electron chi connectivity index (χ2n) is 19.6. The van der Waals surface area contributed by atoms with Crippen LogP contribution in [-0.2, 0) is 6.42 Å². The van der Waals surface area contributed by atoms with Crippen molar-refractivity contribution in [3.63, 3.8) is 0 Å². The number of hydrogen-bond acceptors (Lipinski definition) is 4. The molecule has 60 heavy (non-hydrogen) atoms. The Hall–Kier alpha value is -5.67. The Balaban J connectivity index is 1.42. The molecule has 0 saturated carbocycles. The van der Waals surface area contributed by atoms with Crippen molar-refractivity contribution in [2.24, 2.45) is 0 Å². The van der Waals surface area contributed by atoms with E-state index in [1.807, 2.05) is 24.3 Å². The lowest BCUT2D eigenvalue weighted by molar-refractivity contribution is 0.577. The van der Waals surface area contributed by atoms with Gasteiger partial charge in [-0.1, -0.05) is 110 Å². The molecule has 4 nitrogen and oxygen atoms in total. The van der Waals surface area contributed by atoms with E-state index < -0.39 is 16.1 Å². The van der Waals surface area contributed by atoms with Crippen LogP contribution >= 0.6 is 0 Å². The van der Waals surface area contributed by atoms with Crippen LogP contribution in [0.3, 0.4) is 0 Å². The van der Waals surface area contributed by atoms with E-state index in [1.165, 1.54) is 61.5 Å². The molecule has 0 radical (unpaired) electrons. The highest BCUT2D eigenvalue weighted by Gasteiger charge is 2.36. The maximum atomic E-state index is 9.67. The minimum atomic E-state index is -1.61. The van der Waals surface area contributed by atoms with Crippen LogP contribution in [0.2, 0.25) is 39.3 Å². The number of aryl methyl sites for hydroxylation is 1. The van der Waals surface area contributed by atoms with Crippen molar-refractivity contribution < 1.29 is 0 Å². The van der Waals surface area contributed by atoms with Crippen LogP contribution in [0, 0.1) is 22.7 Å². The van der Waals surface area contributed by atoms with E-state index >= 15 is 0 Å². The van der Waals surface area contributed by atoms with Crippen LogP contribution in [0.4, 0.5) is 17.1 Å². The van der Waals surface area contributed by atoms with Crippen molar-refractivity contribution in [3.05, 3.63) is 142 Å². The van der Waals surface area contributed by atoms with E-state index in [0.29, 0.717) is 23.2 Å². The monoisotopic (exact) mass is 816 g/mol. The fourth-order valence-electron chi connectivity index (χ4n) is 10.0. The Morgan fingerprint density at radius 2 is 1.03 bits per heavy atom. The van der Waals surface area contributed by atoms with Gasteiger partial charge in [-0.2, -0.15) is 10.5 Å². The van der Waals surface area contributed by atoms with Crippen molar-refractivity contribution >= 4 is 59.9 Å². The van der Waals surface area contributed by atoms with Gasteiger partial charge in [-0.05, 0) is 134 Å². The molecule has 9 rings (SSSR count). The quantitative estimate of drug-likeness (QED) is 0.124. The van der Waals surface area contributed by atoms with E-state index in [4.69, 9.17) is 0 Å². The third-order valence-corrected chi connectivity index (χ3v) is 18.0. The Bertz CT molecular complexity index is 2720. The molecule has 2 unspecified atom stereocenters. The molecule has 0 bridgehead atoms. The maximum absolute atomic E-state index is 9.67. The molecule has 2 aliphatic heterocycles. The van der Waals surface area contributed by atoms with Crippen LogP contribution in [-0.4, -0.2) is 28.2 Å². The topological polar surface area (TPSA) is 54.1 Å². The second kappa shape index (κ2) is 15.1. The standard InChI is InChI=1S/C54H56N4Si2/c1-35-9-15-41-21-25-45(59(3,4)5)31-51(41)57(35)53-47-27-23-43(39-17-11-37(33-55)12-18-39)29-49(47)54(50-30-44(24-28-48(50)53)40-19-13-38(34-56)14-20-40)58-36(2)10-16-42-22-26-46(32-52(42)58)60(6,7)8/h11-14,17-21,23-25,27-32,35-36H,9-10,15-16,22,26H2,1-8H3. The molecule has 6 heteroatoms. The normalized spacial score (nSPS) is 18.2. The van der Waals surface area contributed by atoms with Crippen LogP contribution in [0.25, 0.3) is 43.8 Å². The fourth-order valence-corrected chi connectivity index (χ4v) is 12.6. The summed E-state index contributed by atoms with van der Waals surface area (Å²) >= 11 is 0. The summed E-state index contributed by atoms with van der Waals surface area (Å²) in [5.74, 6) is 0. The highest BCUT2D eigenvalue weighted by Crippen LogP contribution is 2.52. The zero-order valence-electron chi connectivity index (χ0n) is 36.6. The molecule has 2 atom stereocenters. The average molecular weight is 817 g/mol. The van der Waals surface area contributed by atoms with Gasteiger partial charge in [-0.15, -0.1) is 0 Å². The molecule has 0 spiro atoms. The predicted octanol–water partition coefficient (Wildman–Crippen LogP) is 13.9. The number of nitrogens with zero attached hydrogens (tertiary/aromatic N) is 4. The van der Waals surface area contributed by atoms with Crippen LogP contribution in [0.15, 0.2) is 126 Å². The molecule has 0 fully saturated rings. The van der Waals surface area contributed by atoms with Gasteiger partial charge < -0.3 is 9.80 Å². The summed E-state index contributed by atoms with van der Waals surface area (Å²) in [5.41, 5.74) is 14.2. The molecule has 6 aromatic rings. The number of nitriles is 2. The van der Waals surface area contributed by atoms with Gasteiger partial charge in [0.05, 0.1) is 50.8 Å². The number of anilines is 3. The highest BCUT2D eigenvalue weighted by molar-refractivity contribution is 6.88. The molecule has 300 valence electrons. The minimum absolute atomic E-state index is 0.296. The lowest BCUT2D eigenvalue weighted by Crippen LogP contribution is -2.40. The van der Waals surface area contributed by atoms with Gasteiger partial charge in [0, 0.05) is 45.0 Å².